The fourth-order valence-corrected chi connectivity index (χ4v) is 4.86. The maximum absolute atomic E-state index is 6.21. The van der Waals surface area contributed by atoms with E-state index in [1.165, 1.54) is 44.6 Å². The monoisotopic (exact) mass is 269 g/mol. The lowest BCUT2D eigenvalue weighted by atomic mass is 9.93. The molecule has 3 fully saturated rings. The van der Waals surface area contributed by atoms with Crippen LogP contribution in [0.4, 0.5) is 0 Å². The van der Waals surface area contributed by atoms with E-state index in [0.29, 0.717) is 6.04 Å². The minimum absolute atomic E-state index is 0.275. The van der Waals surface area contributed by atoms with Crippen LogP contribution >= 0.6 is 11.8 Å². The van der Waals surface area contributed by atoms with Crippen LogP contribution in [0.25, 0.3) is 0 Å². The van der Waals surface area contributed by atoms with Crippen LogP contribution in [-0.4, -0.2) is 64.6 Å². The molecule has 0 aromatic carbocycles. The van der Waals surface area contributed by atoms with E-state index in [2.05, 4.69) is 35.4 Å². The molecule has 1 aliphatic carbocycles. The maximum atomic E-state index is 6.21. The molecule has 0 spiro atoms. The lowest BCUT2D eigenvalue weighted by Gasteiger charge is -2.48. The van der Waals surface area contributed by atoms with Crippen LogP contribution in [0.15, 0.2) is 0 Å². The molecular weight excluding hydrogens is 242 g/mol. The molecule has 0 amide bonds. The summed E-state index contributed by atoms with van der Waals surface area (Å²) in [6.07, 6.45) is 4.12. The van der Waals surface area contributed by atoms with Gasteiger partial charge < -0.3 is 5.73 Å². The van der Waals surface area contributed by atoms with E-state index in [-0.39, 0.29) is 5.54 Å². The predicted octanol–water partition coefficient (Wildman–Crippen LogP) is 1.38. The fourth-order valence-electron chi connectivity index (χ4n) is 3.76. The Bertz CT molecular complexity index is 307. The maximum Gasteiger partial charge on any atom is 0.0474 e. The van der Waals surface area contributed by atoms with Crippen molar-refractivity contribution in [2.45, 2.75) is 56.0 Å². The van der Waals surface area contributed by atoms with Gasteiger partial charge in [-0.05, 0) is 26.2 Å². The molecule has 104 valence electrons. The molecule has 0 bridgehead atoms. The Balaban J connectivity index is 1.74. The van der Waals surface area contributed by atoms with Gasteiger partial charge in [0.2, 0.25) is 0 Å². The molecule has 0 radical (unpaired) electrons. The van der Waals surface area contributed by atoms with Gasteiger partial charge in [-0.1, -0.05) is 6.92 Å². The summed E-state index contributed by atoms with van der Waals surface area (Å²) in [4.78, 5) is 5.45. The van der Waals surface area contributed by atoms with Gasteiger partial charge >= 0.3 is 0 Å². The first-order valence-electron chi connectivity index (χ1n) is 7.49. The standard InChI is InChI=1S/C14H27N3S/c1-11-12(2)18-8-7-17(11)14(9-15)5-6-16(10-14)13-3-4-13/h11-13H,3-10,15H2,1-2H3. The highest BCUT2D eigenvalue weighted by molar-refractivity contribution is 8.00. The molecule has 3 rings (SSSR count). The quantitative estimate of drug-likeness (QED) is 0.839. The molecule has 2 aliphatic heterocycles. The molecule has 0 aromatic heterocycles. The third-order valence-electron chi connectivity index (χ3n) is 5.30. The number of thioether (sulfide) groups is 1. The number of likely N-dealkylation sites (tertiary alicyclic amines) is 1. The summed E-state index contributed by atoms with van der Waals surface area (Å²) < 4.78 is 0. The van der Waals surface area contributed by atoms with Crippen molar-refractivity contribution in [3.63, 3.8) is 0 Å². The topological polar surface area (TPSA) is 32.5 Å². The third kappa shape index (κ3) is 2.21. The van der Waals surface area contributed by atoms with Crippen molar-refractivity contribution >= 4 is 11.8 Å². The number of nitrogens with zero attached hydrogens (tertiary/aromatic N) is 2. The second-order valence-electron chi connectivity index (χ2n) is 6.39. The highest BCUT2D eigenvalue weighted by Gasteiger charge is 2.48. The van der Waals surface area contributed by atoms with E-state index in [1.54, 1.807) is 0 Å². The number of hydrogen-bond acceptors (Lipinski definition) is 4. The van der Waals surface area contributed by atoms with Gasteiger partial charge in [0.05, 0.1) is 0 Å². The third-order valence-corrected chi connectivity index (χ3v) is 6.64. The van der Waals surface area contributed by atoms with E-state index in [1.807, 2.05) is 0 Å². The van der Waals surface area contributed by atoms with Gasteiger partial charge in [0.25, 0.3) is 0 Å². The van der Waals surface area contributed by atoms with E-state index in [0.717, 1.165) is 17.8 Å². The largest absolute Gasteiger partial charge is 0.329 e. The van der Waals surface area contributed by atoms with Crippen molar-refractivity contribution in [2.75, 3.05) is 31.9 Å². The van der Waals surface area contributed by atoms with Crippen LogP contribution in [0.2, 0.25) is 0 Å². The van der Waals surface area contributed by atoms with Crippen molar-refractivity contribution < 1.29 is 0 Å². The summed E-state index contributed by atoms with van der Waals surface area (Å²) in [5, 5.41) is 0.747. The first kappa shape index (κ1) is 13.2. The molecule has 18 heavy (non-hydrogen) atoms. The van der Waals surface area contributed by atoms with Crippen molar-refractivity contribution in [3.05, 3.63) is 0 Å². The van der Waals surface area contributed by atoms with Crippen LogP contribution in [0.5, 0.6) is 0 Å². The van der Waals surface area contributed by atoms with Crippen LogP contribution in [0, 0.1) is 0 Å². The molecule has 4 heteroatoms. The lowest BCUT2D eigenvalue weighted by molar-refractivity contribution is 0.0620. The zero-order chi connectivity index (χ0) is 12.8. The molecule has 2 heterocycles. The predicted molar refractivity (Wildman–Crippen MR) is 79.1 cm³/mol. The number of rotatable bonds is 3. The van der Waals surface area contributed by atoms with Crippen molar-refractivity contribution in [1.29, 1.82) is 0 Å². The number of nitrogens with two attached hydrogens (primary N) is 1. The van der Waals surface area contributed by atoms with Crippen molar-refractivity contribution in [1.82, 2.24) is 9.80 Å². The molecule has 2 N–H and O–H groups in total. The van der Waals surface area contributed by atoms with Crippen LogP contribution in [0.1, 0.15) is 33.1 Å². The molecule has 3 atom stereocenters. The van der Waals surface area contributed by atoms with E-state index in [9.17, 15) is 0 Å². The summed E-state index contributed by atoms with van der Waals surface area (Å²) in [5.74, 6) is 1.27. The summed E-state index contributed by atoms with van der Waals surface area (Å²) >= 11 is 2.12. The molecular formula is C14H27N3S. The van der Waals surface area contributed by atoms with E-state index >= 15 is 0 Å². The summed E-state index contributed by atoms with van der Waals surface area (Å²) in [5.41, 5.74) is 6.49. The summed E-state index contributed by atoms with van der Waals surface area (Å²) in [7, 11) is 0. The Morgan fingerprint density at radius 1 is 1.28 bits per heavy atom. The van der Waals surface area contributed by atoms with Gasteiger partial charge in [-0.15, -0.1) is 0 Å². The normalized spacial score (nSPS) is 43.5. The van der Waals surface area contributed by atoms with Gasteiger partial charge in [0, 0.05) is 54.8 Å². The SMILES string of the molecule is CC1SCCN(C2(CN)CCN(C3CC3)C2)C1C. The molecule has 0 aromatic rings. The second kappa shape index (κ2) is 4.97. The molecule has 3 nitrogen and oxygen atoms in total. The fraction of sp³-hybridized carbons (Fsp3) is 1.00. The lowest BCUT2D eigenvalue weighted by Crippen LogP contribution is -2.62. The smallest absolute Gasteiger partial charge is 0.0474 e. The molecule has 3 aliphatic rings. The zero-order valence-electron chi connectivity index (χ0n) is 11.8. The zero-order valence-corrected chi connectivity index (χ0v) is 12.6. The highest BCUT2D eigenvalue weighted by atomic mass is 32.2. The minimum atomic E-state index is 0.275. The minimum Gasteiger partial charge on any atom is -0.329 e. The average molecular weight is 269 g/mol. The highest BCUT2D eigenvalue weighted by Crippen LogP contribution is 2.39. The van der Waals surface area contributed by atoms with Crippen LogP contribution in [0.3, 0.4) is 0 Å². The molecule has 1 saturated carbocycles. The average Bonchev–Trinajstić information content (AvgIpc) is 3.13. The van der Waals surface area contributed by atoms with Gasteiger partial charge in [0.1, 0.15) is 0 Å². The van der Waals surface area contributed by atoms with Gasteiger partial charge in [-0.3, -0.25) is 9.80 Å². The van der Waals surface area contributed by atoms with Gasteiger partial charge in [-0.25, -0.2) is 0 Å². The summed E-state index contributed by atoms with van der Waals surface area (Å²) in [6.45, 7) is 9.32. The van der Waals surface area contributed by atoms with Crippen molar-refractivity contribution in [2.24, 2.45) is 5.73 Å². The Morgan fingerprint density at radius 3 is 2.72 bits per heavy atom. The summed E-state index contributed by atoms with van der Waals surface area (Å²) in [6, 6.07) is 1.57. The Hall–Kier alpha value is 0.230. The first-order valence-corrected chi connectivity index (χ1v) is 8.54. The Morgan fingerprint density at radius 2 is 2.06 bits per heavy atom. The van der Waals surface area contributed by atoms with Crippen LogP contribution in [-0.2, 0) is 0 Å². The van der Waals surface area contributed by atoms with E-state index in [4.69, 9.17) is 5.73 Å². The first-order chi connectivity index (χ1) is 8.66. The van der Waals surface area contributed by atoms with Crippen molar-refractivity contribution in [3.8, 4) is 0 Å². The Labute approximate surface area is 115 Å². The van der Waals surface area contributed by atoms with Gasteiger partial charge in [-0.2, -0.15) is 11.8 Å². The number of hydrogen-bond donors (Lipinski definition) is 1. The molecule has 3 unspecified atom stereocenters. The van der Waals surface area contributed by atoms with Crippen LogP contribution < -0.4 is 5.73 Å². The van der Waals surface area contributed by atoms with Gasteiger partial charge in [0.15, 0.2) is 0 Å². The van der Waals surface area contributed by atoms with E-state index < -0.39 is 0 Å². The molecule has 2 saturated heterocycles. The second-order valence-corrected chi connectivity index (χ2v) is 7.88. The Kier molecular flexibility index (Phi) is 3.65.